The van der Waals surface area contributed by atoms with Crippen LogP contribution < -0.4 is 4.74 Å². The van der Waals surface area contributed by atoms with Gasteiger partial charge in [-0.05, 0) is 42.9 Å². The fraction of sp³-hybridized carbons (Fsp3) is 0.412. The molecule has 110 valence electrons. The molecule has 1 fully saturated rings. The molecule has 2 aliphatic rings. The highest BCUT2D eigenvalue weighted by molar-refractivity contribution is 5.95. The molecule has 3 rings (SSSR count). The summed E-state index contributed by atoms with van der Waals surface area (Å²) in [7, 11) is 0. The maximum Gasteiger partial charge on any atom is 0.308 e. The number of allylic oxidation sites excluding steroid dienone is 2. The first kappa shape index (κ1) is 13.9. The van der Waals surface area contributed by atoms with Crippen molar-refractivity contribution in [2.75, 3.05) is 13.1 Å². The van der Waals surface area contributed by atoms with Gasteiger partial charge in [0, 0.05) is 25.6 Å². The number of rotatable bonds is 2. The highest BCUT2D eigenvalue weighted by Crippen LogP contribution is 2.33. The van der Waals surface area contributed by atoms with Crippen molar-refractivity contribution in [1.29, 1.82) is 0 Å². The minimum atomic E-state index is -0.377. The fourth-order valence-electron chi connectivity index (χ4n) is 3.22. The molecule has 0 saturated carbocycles. The Morgan fingerprint density at radius 2 is 1.81 bits per heavy atom. The Labute approximate surface area is 124 Å². The molecular weight excluding hydrogens is 266 g/mol. The van der Waals surface area contributed by atoms with Crippen LogP contribution in [0.4, 0.5) is 0 Å². The van der Waals surface area contributed by atoms with Gasteiger partial charge in [0.1, 0.15) is 5.75 Å². The topological polar surface area (TPSA) is 46.6 Å². The number of carbonyl (C=O) groups is 2. The predicted molar refractivity (Wildman–Crippen MR) is 79.0 cm³/mol. The van der Waals surface area contributed by atoms with E-state index >= 15 is 0 Å². The second kappa shape index (κ2) is 5.72. The fourth-order valence-corrected chi connectivity index (χ4v) is 3.22. The zero-order valence-electron chi connectivity index (χ0n) is 12.1. The van der Waals surface area contributed by atoms with Crippen LogP contribution in [0.3, 0.4) is 0 Å². The number of ether oxygens (including phenoxy) is 1. The molecule has 1 aromatic carbocycles. The van der Waals surface area contributed by atoms with Gasteiger partial charge in [-0.15, -0.1) is 0 Å². The third kappa shape index (κ3) is 2.99. The van der Waals surface area contributed by atoms with E-state index in [0.717, 1.165) is 25.9 Å². The number of carbonyl (C=O) groups excluding carboxylic acids is 2. The second-order valence-corrected chi connectivity index (χ2v) is 5.79. The van der Waals surface area contributed by atoms with Crippen molar-refractivity contribution in [3.05, 3.63) is 42.0 Å². The summed E-state index contributed by atoms with van der Waals surface area (Å²) in [5.74, 6) is 1.26. The summed E-state index contributed by atoms with van der Waals surface area (Å²) in [6, 6.07) is 6.85. The van der Waals surface area contributed by atoms with Crippen LogP contribution in [0.2, 0.25) is 0 Å². The van der Waals surface area contributed by atoms with E-state index in [1.807, 2.05) is 4.90 Å². The predicted octanol–water partition coefficient (Wildman–Crippen LogP) is 2.65. The van der Waals surface area contributed by atoms with E-state index in [1.165, 1.54) is 6.92 Å². The standard InChI is InChI=1S/C17H19NO3/c1-12(19)21-16-8-4-7-13(9-16)17(20)18-10-14-5-2-3-6-15(14)11-18/h2-4,7-9,14-15H,5-6,10-11H2,1H3. The minimum absolute atomic E-state index is 0.0263. The lowest BCUT2D eigenvalue weighted by atomic mass is 9.86. The third-order valence-electron chi connectivity index (χ3n) is 4.25. The molecule has 1 aliphatic heterocycles. The highest BCUT2D eigenvalue weighted by Gasteiger charge is 2.35. The Kier molecular flexibility index (Phi) is 3.78. The average molecular weight is 285 g/mol. The van der Waals surface area contributed by atoms with Gasteiger partial charge in [0.15, 0.2) is 0 Å². The molecule has 4 nitrogen and oxygen atoms in total. The van der Waals surface area contributed by atoms with Crippen LogP contribution in [0.5, 0.6) is 5.75 Å². The third-order valence-corrected chi connectivity index (χ3v) is 4.25. The van der Waals surface area contributed by atoms with Gasteiger partial charge >= 0.3 is 5.97 Å². The van der Waals surface area contributed by atoms with E-state index in [0.29, 0.717) is 23.1 Å². The van der Waals surface area contributed by atoms with Crippen LogP contribution in [0, 0.1) is 11.8 Å². The zero-order valence-corrected chi connectivity index (χ0v) is 12.1. The monoisotopic (exact) mass is 285 g/mol. The molecule has 1 saturated heterocycles. The Morgan fingerprint density at radius 1 is 1.14 bits per heavy atom. The van der Waals surface area contributed by atoms with Crippen LogP contribution in [0.1, 0.15) is 30.1 Å². The SMILES string of the molecule is CC(=O)Oc1cccc(C(=O)N2CC3CC=CCC3C2)c1. The van der Waals surface area contributed by atoms with Crippen LogP contribution in [0.25, 0.3) is 0 Å². The molecule has 0 bridgehead atoms. The normalized spacial score (nSPS) is 23.8. The molecule has 0 spiro atoms. The summed E-state index contributed by atoms with van der Waals surface area (Å²) >= 11 is 0. The average Bonchev–Trinajstić information content (AvgIpc) is 2.90. The molecule has 1 amide bonds. The molecule has 2 unspecified atom stereocenters. The molecule has 0 aromatic heterocycles. The number of nitrogens with zero attached hydrogens (tertiary/aromatic N) is 1. The summed E-state index contributed by atoms with van der Waals surface area (Å²) in [6.45, 7) is 3.00. The Balaban J connectivity index is 1.72. The zero-order chi connectivity index (χ0) is 14.8. The summed E-state index contributed by atoms with van der Waals surface area (Å²) in [5, 5.41) is 0. The van der Waals surface area contributed by atoms with Crippen LogP contribution in [-0.4, -0.2) is 29.9 Å². The van der Waals surface area contributed by atoms with Gasteiger partial charge in [-0.3, -0.25) is 9.59 Å². The van der Waals surface area contributed by atoms with Crippen molar-refractivity contribution in [3.8, 4) is 5.75 Å². The lowest BCUT2D eigenvalue weighted by Crippen LogP contribution is -2.29. The van der Waals surface area contributed by atoms with Gasteiger partial charge in [0.05, 0.1) is 0 Å². The van der Waals surface area contributed by atoms with Crippen molar-refractivity contribution in [2.24, 2.45) is 11.8 Å². The van der Waals surface area contributed by atoms with Gasteiger partial charge in [-0.2, -0.15) is 0 Å². The van der Waals surface area contributed by atoms with E-state index in [1.54, 1.807) is 24.3 Å². The largest absolute Gasteiger partial charge is 0.427 e. The van der Waals surface area contributed by atoms with E-state index in [9.17, 15) is 9.59 Å². The lowest BCUT2D eigenvalue weighted by Gasteiger charge is -2.17. The minimum Gasteiger partial charge on any atom is -0.427 e. The van der Waals surface area contributed by atoms with Gasteiger partial charge in [-0.1, -0.05) is 18.2 Å². The molecule has 1 aliphatic carbocycles. The summed E-state index contributed by atoms with van der Waals surface area (Å²) < 4.78 is 5.04. The number of amides is 1. The first-order chi connectivity index (χ1) is 10.1. The second-order valence-electron chi connectivity index (χ2n) is 5.79. The van der Waals surface area contributed by atoms with Crippen LogP contribution >= 0.6 is 0 Å². The van der Waals surface area contributed by atoms with Crippen molar-refractivity contribution in [1.82, 2.24) is 4.90 Å². The lowest BCUT2D eigenvalue weighted by molar-refractivity contribution is -0.131. The number of hydrogen-bond donors (Lipinski definition) is 0. The van der Waals surface area contributed by atoms with Crippen molar-refractivity contribution < 1.29 is 14.3 Å². The van der Waals surface area contributed by atoms with Gasteiger partial charge < -0.3 is 9.64 Å². The molecule has 0 radical (unpaired) electrons. The van der Waals surface area contributed by atoms with E-state index in [4.69, 9.17) is 4.74 Å². The summed E-state index contributed by atoms with van der Waals surface area (Å²) in [4.78, 5) is 25.5. The number of fused-ring (bicyclic) bond motifs is 1. The first-order valence-corrected chi connectivity index (χ1v) is 7.36. The van der Waals surface area contributed by atoms with Gasteiger partial charge in [0.2, 0.25) is 0 Å². The number of esters is 1. The Morgan fingerprint density at radius 3 is 2.43 bits per heavy atom. The van der Waals surface area contributed by atoms with E-state index < -0.39 is 0 Å². The molecule has 21 heavy (non-hydrogen) atoms. The van der Waals surface area contributed by atoms with Crippen LogP contribution in [0.15, 0.2) is 36.4 Å². The number of likely N-dealkylation sites (tertiary alicyclic amines) is 1. The van der Waals surface area contributed by atoms with Gasteiger partial charge in [-0.25, -0.2) is 0 Å². The molecule has 0 N–H and O–H groups in total. The molecule has 1 heterocycles. The molecular formula is C17H19NO3. The molecule has 4 heteroatoms. The van der Waals surface area contributed by atoms with Gasteiger partial charge in [0.25, 0.3) is 5.91 Å². The van der Waals surface area contributed by atoms with Crippen molar-refractivity contribution >= 4 is 11.9 Å². The summed E-state index contributed by atoms with van der Waals surface area (Å²) in [6.07, 6.45) is 6.58. The molecule has 1 aromatic rings. The maximum absolute atomic E-state index is 12.6. The quantitative estimate of drug-likeness (QED) is 0.477. The van der Waals surface area contributed by atoms with Crippen LogP contribution in [-0.2, 0) is 4.79 Å². The van der Waals surface area contributed by atoms with E-state index in [2.05, 4.69) is 12.2 Å². The highest BCUT2D eigenvalue weighted by atomic mass is 16.5. The smallest absolute Gasteiger partial charge is 0.308 e. The molecule has 2 atom stereocenters. The maximum atomic E-state index is 12.6. The number of hydrogen-bond acceptors (Lipinski definition) is 3. The Hall–Kier alpha value is -2.10. The number of benzene rings is 1. The van der Waals surface area contributed by atoms with E-state index in [-0.39, 0.29) is 11.9 Å². The Bertz CT molecular complexity index is 577. The summed E-state index contributed by atoms with van der Waals surface area (Å²) in [5.41, 5.74) is 0.584. The van der Waals surface area contributed by atoms with Crippen molar-refractivity contribution in [3.63, 3.8) is 0 Å². The van der Waals surface area contributed by atoms with Crippen molar-refractivity contribution in [2.45, 2.75) is 19.8 Å². The first-order valence-electron chi connectivity index (χ1n) is 7.36.